The van der Waals surface area contributed by atoms with Gasteiger partial charge in [0.1, 0.15) is 0 Å². The lowest BCUT2D eigenvalue weighted by Crippen LogP contribution is -2.39. The summed E-state index contributed by atoms with van der Waals surface area (Å²) >= 11 is 8.38. The lowest BCUT2D eigenvalue weighted by Gasteiger charge is -2.24. The van der Waals surface area contributed by atoms with E-state index >= 15 is 0 Å². The van der Waals surface area contributed by atoms with Crippen LogP contribution < -0.4 is 19.8 Å². The van der Waals surface area contributed by atoms with E-state index in [2.05, 4.69) is 36.9 Å². The SMILES string of the molecule is CCOC(=O)C1=C(C)N=c2s/c(=C\c3ccc(N(C)C)c(Br)c3)c(=O)n2[C@@H]1c1ccc(Br)cc1. The van der Waals surface area contributed by atoms with Crippen molar-refractivity contribution in [2.75, 3.05) is 25.6 Å². The van der Waals surface area contributed by atoms with Gasteiger partial charge in [0.25, 0.3) is 5.56 Å². The first-order chi connectivity index (χ1) is 16.2. The van der Waals surface area contributed by atoms with E-state index < -0.39 is 12.0 Å². The van der Waals surface area contributed by atoms with Gasteiger partial charge in [0.15, 0.2) is 4.80 Å². The largest absolute Gasteiger partial charge is 0.463 e. The molecule has 1 aliphatic rings. The van der Waals surface area contributed by atoms with Crippen LogP contribution in [-0.2, 0) is 9.53 Å². The predicted octanol–water partition coefficient (Wildman–Crippen LogP) is 4.39. The van der Waals surface area contributed by atoms with Gasteiger partial charge >= 0.3 is 5.97 Å². The number of carbonyl (C=O) groups excluding carboxylic acids is 1. The van der Waals surface area contributed by atoms with Gasteiger partial charge in [-0.2, -0.15) is 0 Å². The molecule has 0 saturated heterocycles. The third-order valence-corrected chi connectivity index (χ3v) is 7.60. The summed E-state index contributed by atoms with van der Waals surface area (Å²) in [5.74, 6) is -0.464. The zero-order valence-electron chi connectivity index (χ0n) is 19.1. The Balaban J connectivity index is 1.91. The van der Waals surface area contributed by atoms with Crippen LogP contribution in [0.2, 0.25) is 0 Å². The summed E-state index contributed by atoms with van der Waals surface area (Å²) in [6, 6.07) is 12.9. The van der Waals surface area contributed by atoms with Gasteiger partial charge < -0.3 is 9.64 Å². The molecule has 0 amide bonds. The fourth-order valence-electron chi connectivity index (χ4n) is 3.88. The number of anilines is 1. The molecule has 9 heteroatoms. The van der Waals surface area contributed by atoms with Gasteiger partial charge in [-0.25, -0.2) is 9.79 Å². The first kappa shape index (κ1) is 24.6. The second kappa shape index (κ2) is 10.0. The van der Waals surface area contributed by atoms with E-state index in [0.717, 1.165) is 25.8 Å². The fourth-order valence-corrected chi connectivity index (χ4v) is 5.94. The molecule has 0 radical (unpaired) electrons. The van der Waals surface area contributed by atoms with Crippen molar-refractivity contribution in [1.29, 1.82) is 0 Å². The Morgan fingerprint density at radius 2 is 1.91 bits per heavy atom. The minimum absolute atomic E-state index is 0.196. The molecular formula is C25H23Br2N3O3S. The molecule has 0 bridgehead atoms. The van der Waals surface area contributed by atoms with Crippen LogP contribution in [0.15, 0.2) is 72.5 Å². The molecule has 1 atom stereocenters. The summed E-state index contributed by atoms with van der Waals surface area (Å²) in [6.45, 7) is 3.79. The van der Waals surface area contributed by atoms with E-state index in [1.165, 1.54) is 11.3 Å². The van der Waals surface area contributed by atoms with E-state index in [-0.39, 0.29) is 12.2 Å². The monoisotopic (exact) mass is 603 g/mol. The van der Waals surface area contributed by atoms with Crippen LogP contribution in [0.1, 0.15) is 31.0 Å². The molecule has 4 rings (SSSR count). The molecule has 0 aliphatic carbocycles. The number of nitrogens with zero attached hydrogens (tertiary/aromatic N) is 3. The zero-order chi connectivity index (χ0) is 24.6. The van der Waals surface area contributed by atoms with E-state index in [0.29, 0.717) is 20.6 Å². The number of thiazole rings is 1. The number of halogens is 2. The van der Waals surface area contributed by atoms with Gasteiger partial charge in [0, 0.05) is 23.0 Å². The summed E-state index contributed by atoms with van der Waals surface area (Å²) in [7, 11) is 3.95. The fraction of sp³-hybridized carbons (Fsp3) is 0.240. The number of aromatic nitrogens is 1. The van der Waals surface area contributed by atoms with Crippen LogP contribution in [0, 0.1) is 0 Å². The number of fused-ring (bicyclic) bond motifs is 1. The van der Waals surface area contributed by atoms with E-state index in [1.54, 1.807) is 18.4 Å². The average molecular weight is 605 g/mol. The number of esters is 1. The van der Waals surface area contributed by atoms with E-state index in [4.69, 9.17) is 4.74 Å². The lowest BCUT2D eigenvalue weighted by molar-refractivity contribution is -0.139. The Bertz CT molecular complexity index is 1470. The Hall–Kier alpha value is -2.49. The molecule has 1 aromatic heterocycles. The Morgan fingerprint density at radius 1 is 1.21 bits per heavy atom. The summed E-state index contributed by atoms with van der Waals surface area (Å²) in [5.41, 5.74) is 3.48. The topological polar surface area (TPSA) is 63.9 Å². The number of allylic oxidation sites excluding steroid dienone is 1. The summed E-state index contributed by atoms with van der Waals surface area (Å²) in [5, 5.41) is 0. The van der Waals surface area contributed by atoms with Gasteiger partial charge in [-0.05, 0) is 71.2 Å². The number of benzene rings is 2. The molecule has 2 heterocycles. The molecule has 0 fully saturated rings. The maximum atomic E-state index is 13.6. The van der Waals surface area contributed by atoms with Gasteiger partial charge in [0.2, 0.25) is 0 Å². The maximum Gasteiger partial charge on any atom is 0.338 e. The molecular weight excluding hydrogens is 582 g/mol. The average Bonchev–Trinajstić information content (AvgIpc) is 3.08. The second-order valence-electron chi connectivity index (χ2n) is 7.96. The van der Waals surface area contributed by atoms with Crippen molar-refractivity contribution in [2.24, 2.45) is 4.99 Å². The summed E-state index contributed by atoms with van der Waals surface area (Å²) in [4.78, 5) is 33.7. The molecule has 34 heavy (non-hydrogen) atoms. The number of rotatable bonds is 5. The molecule has 1 aliphatic heterocycles. The summed E-state index contributed by atoms with van der Waals surface area (Å²) < 4.78 is 9.33. The van der Waals surface area contributed by atoms with E-state index in [9.17, 15) is 9.59 Å². The van der Waals surface area contributed by atoms with Crippen molar-refractivity contribution in [1.82, 2.24) is 4.57 Å². The van der Waals surface area contributed by atoms with Gasteiger partial charge in [-0.15, -0.1) is 0 Å². The van der Waals surface area contributed by atoms with E-state index in [1.807, 2.05) is 67.5 Å². The van der Waals surface area contributed by atoms with Crippen LogP contribution in [0.5, 0.6) is 0 Å². The van der Waals surface area contributed by atoms with Crippen molar-refractivity contribution < 1.29 is 9.53 Å². The van der Waals surface area contributed by atoms with Gasteiger partial charge in [-0.1, -0.05) is 45.5 Å². The highest BCUT2D eigenvalue weighted by molar-refractivity contribution is 9.10. The second-order valence-corrected chi connectivity index (χ2v) is 10.7. The van der Waals surface area contributed by atoms with Crippen LogP contribution in [0.3, 0.4) is 0 Å². The van der Waals surface area contributed by atoms with Crippen molar-refractivity contribution in [2.45, 2.75) is 19.9 Å². The first-order valence-corrected chi connectivity index (χ1v) is 13.0. The molecule has 2 aromatic carbocycles. The van der Waals surface area contributed by atoms with Crippen molar-refractivity contribution in [3.05, 3.63) is 93.5 Å². The molecule has 0 saturated carbocycles. The van der Waals surface area contributed by atoms with Crippen LogP contribution >= 0.6 is 43.2 Å². The molecule has 6 nitrogen and oxygen atoms in total. The van der Waals surface area contributed by atoms with Crippen LogP contribution in [-0.4, -0.2) is 31.2 Å². The number of hydrogen-bond acceptors (Lipinski definition) is 6. The molecule has 0 N–H and O–H groups in total. The number of ether oxygens (including phenoxy) is 1. The van der Waals surface area contributed by atoms with Crippen LogP contribution in [0.4, 0.5) is 5.69 Å². The quantitative estimate of drug-likeness (QED) is 0.405. The van der Waals surface area contributed by atoms with Crippen molar-refractivity contribution >= 4 is 60.9 Å². The lowest BCUT2D eigenvalue weighted by atomic mass is 9.96. The number of hydrogen-bond donors (Lipinski definition) is 0. The van der Waals surface area contributed by atoms with Crippen molar-refractivity contribution in [3.8, 4) is 0 Å². The Kier molecular flexibility index (Phi) is 7.25. The highest BCUT2D eigenvalue weighted by Crippen LogP contribution is 2.31. The third-order valence-electron chi connectivity index (χ3n) is 5.45. The first-order valence-electron chi connectivity index (χ1n) is 10.6. The molecule has 0 unspecified atom stereocenters. The standard InChI is InChI=1S/C25H23Br2N3O3S/c1-5-33-24(32)21-14(2)28-25-30(22(21)16-7-9-17(26)10-8-16)23(31)20(34-25)13-15-6-11-19(29(3)4)18(27)12-15/h6-13,22H,5H2,1-4H3/b20-13-/t22-/m1/s1. The van der Waals surface area contributed by atoms with Gasteiger partial charge in [-0.3, -0.25) is 9.36 Å². The highest BCUT2D eigenvalue weighted by Gasteiger charge is 2.33. The molecule has 0 spiro atoms. The third kappa shape index (κ3) is 4.69. The van der Waals surface area contributed by atoms with Crippen LogP contribution in [0.25, 0.3) is 6.08 Å². The Morgan fingerprint density at radius 3 is 2.53 bits per heavy atom. The smallest absolute Gasteiger partial charge is 0.338 e. The maximum absolute atomic E-state index is 13.6. The normalized spacial score (nSPS) is 15.7. The summed E-state index contributed by atoms with van der Waals surface area (Å²) in [6.07, 6.45) is 1.86. The molecule has 3 aromatic rings. The van der Waals surface area contributed by atoms with Crippen molar-refractivity contribution in [3.63, 3.8) is 0 Å². The highest BCUT2D eigenvalue weighted by atomic mass is 79.9. The minimum Gasteiger partial charge on any atom is -0.463 e. The number of carbonyl (C=O) groups is 1. The Labute approximate surface area is 218 Å². The van der Waals surface area contributed by atoms with Gasteiger partial charge in [0.05, 0.1) is 34.1 Å². The predicted molar refractivity (Wildman–Crippen MR) is 143 cm³/mol. The molecule has 176 valence electrons. The minimum atomic E-state index is -0.617. The zero-order valence-corrected chi connectivity index (χ0v) is 23.1.